The number of ether oxygens (including phenoxy) is 2. The molecule has 1 unspecified atom stereocenters. The van der Waals surface area contributed by atoms with Gasteiger partial charge in [0.2, 0.25) is 0 Å². The van der Waals surface area contributed by atoms with Crippen LogP contribution in [0.3, 0.4) is 0 Å². The average molecular weight is 398 g/mol. The molecule has 1 heterocycles. The van der Waals surface area contributed by atoms with Crippen LogP contribution in [-0.2, 0) is 4.79 Å². The fourth-order valence-corrected chi connectivity index (χ4v) is 2.62. The number of anilines is 1. The van der Waals surface area contributed by atoms with Crippen molar-refractivity contribution in [1.82, 2.24) is 9.78 Å². The number of halogens is 2. The van der Waals surface area contributed by atoms with Gasteiger partial charge in [-0.05, 0) is 37.3 Å². The first-order valence-corrected chi connectivity index (χ1v) is 8.49. The van der Waals surface area contributed by atoms with Gasteiger partial charge >= 0.3 is 12.4 Å². The molecule has 0 saturated carbocycles. The molecule has 1 atom stereocenters. The lowest BCUT2D eigenvalue weighted by Crippen LogP contribution is -2.27. The Bertz CT molecular complexity index is 856. The summed E-state index contributed by atoms with van der Waals surface area (Å²) in [5.41, 5.74) is 0.761. The van der Waals surface area contributed by atoms with E-state index in [-0.39, 0.29) is 23.9 Å². The van der Waals surface area contributed by atoms with Gasteiger partial charge in [-0.15, -0.1) is 0 Å². The number of rotatable bonds is 9. The minimum Gasteiger partial charge on any atom is -0.490 e. The monoisotopic (exact) mass is 398 g/mol. The molecule has 1 aromatic heterocycles. The number of aromatic nitrogens is 2. The molecule has 0 fully saturated rings. The van der Waals surface area contributed by atoms with Crippen molar-refractivity contribution >= 4 is 17.4 Å². The van der Waals surface area contributed by atoms with Crippen LogP contribution in [-0.4, -0.2) is 33.8 Å². The van der Waals surface area contributed by atoms with Crippen molar-refractivity contribution in [3.63, 3.8) is 0 Å². The summed E-state index contributed by atoms with van der Waals surface area (Å²) in [5, 5.41) is 17.4. The van der Waals surface area contributed by atoms with Crippen LogP contribution in [0.2, 0.25) is 0 Å². The molecule has 2 aromatic rings. The summed E-state index contributed by atoms with van der Waals surface area (Å²) in [6, 6.07) is 4.51. The highest BCUT2D eigenvalue weighted by Crippen LogP contribution is 2.32. The van der Waals surface area contributed by atoms with Gasteiger partial charge in [0.1, 0.15) is 0 Å². The highest BCUT2D eigenvalue weighted by atomic mass is 19.3. The van der Waals surface area contributed by atoms with E-state index in [0.29, 0.717) is 17.8 Å². The first-order valence-electron chi connectivity index (χ1n) is 8.49. The first-order chi connectivity index (χ1) is 13.3. The molecule has 0 aliphatic carbocycles. The molecule has 28 heavy (non-hydrogen) atoms. The van der Waals surface area contributed by atoms with Gasteiger partial charge in [-0.3, -0.25) is 4.79 Å². The quantitative estimate of drug-likeness (QED) is 0.510. The number of alkyl halides is 2. The molecule has 1 N–H and O–H groups in total. The Morgan fingerprint density at radius 2 is 2.04 bits per heavy atom. The molecule has 0 saturated heterocycles. The third-order valence-corrected chi connectivity index (χ3v) is 3.81. The first kappa shape index (κ1) is 21.1. The van der Waals surface area contributed by atoms with Crippen LogP contribution in [0.1, 0.15) is 32.0 Å². The van der Waals surface area contributed by atoms with Gasteiger partial charge in [-0.2, -0.15) is 13.5 Å². The Kier molecular flexibility index (Phi) is 6.85. The molecule has 0 spiro atoms. The van der Waals surface area contributed by atoms with E-state index in [1.165, 1.54) is 28.9 Å². The average Bonchev–Trinajstić information content (AvgIpc) is 3.00. The third-order valence-electron chi connectivity index (χ3n) is 3.81. The number of nitrogens with zero attached hydrogens (tertiary/aromatic N) is 3. The minimum atomic E-state index is -3.01. The molecule has 2 rings (SSSR count). The summed E-state index contributed by atoms with van der Waals surface area (Å²) in [4.78, 5) is 22.9. The number of benzene rings is 1. The zero-order valence-electron chi connectivity index (χ0n) is 15.5. The van der Waals surface area contributed by atoms with E-state index in [0.717, 1.165) is 0 Å². The summed E-state index contributed by atoms with van der Waals surface area (Å²) in [5.74, 6) is -0.913. The number of amides is 1. The van der Waals surface area contributed by atoms with Crippen molar-refractivity contribution in [3.8, 4) is 11.5 Å². The van der Waals surface area contributed by atoms with Gasteiger partial charge in [0.25, 0.3) is 5.91 Å². The van der Waals surface area contributed by atoms with Gasteiger partial charge in [0.05, 0.1) is 23.5 Å². The maximum atomic E-state index is 12.7. The Balaban J connectivity index is 2.24. The van der Waals surface area contributed by atoms with Crippen LogP contribution in [0.5, 0.6) is 11.5 Å². The van der Waals surface area contributed by atoms with E-state index in [2.05, 4.69) is 15.2 Å². The van der Waals surface area contributed by atoms with Gasteiger partial charge in [0, 0.05) is 11.8 Å². The second-order valence-electron chi connectivity index (χ2n) is 5.73. The van der Waals surface area contributed by atoms with Crippen LogP contribution in [0.4, 0.5) is 20.3 Å². The van der Waals surface area contributed by atoms with E-state index < -0.39 is 23.5 Å². The number of hydrogen-bond donors (Lipinski definition) is 1. The normalized spacial score (nSPS) is 11.9. The predicted octanol–water partition coefficient (Wildman–Crippen LogP) is 3.69. The predicted molar refractivity (Wildman–Crippen MR) is 95.8 cm³/mol. The number of nitrogens with one attached hydrogen (secondary N) is 1. The molecule has 152 valence electrons. The maximum Gasteiger partial charge on any atom is 0.390 e. The molecule has 1 aromatic carbocycles. The zero-order chi connectivity index (χ0) is 20.8. The van der Waals surface area contributed by atoms with E-state index in [1.54, 1.807) is 20.8 Å². The standard InChI is InChI=1S/C17H20F2N4O5/c1-4-12(22-10(3)8-15(21-22)23(25)26)16(24)20-11-6-7-13(28-17(18)19)14(9-11)27-5-2/h6-9,12,17H,4-5H2,1-3H3,(H,20,24). The van der Waals surface area contributed by atoms with Crippen molar-refractivity contribution in [2.45, 2.75) is 39.8 Å². The highest BCUT2D eigenvalue weighted by Gasteiger charge is 2.27. The Labute approximate surface area is 159 Å². The second kappa shape index (κ2) is 9.11. The number of aryl methyl sites for hydroxylation is 1. The summed E-state index contributed by atoms with van der Waals surface area (Å²) in [6.45, 7) is 2.23. The third kappa shape index (κ3) is 4.93. The fourth-order valence-electron chi connectivity index (χ4n) is 2.62. The van der Waals surface area contributed by atoms with Crippen LogP contribution in [0, 0.1) is 17.0 Å². The topological polar surface area (TPSA) is 109 Å². The van der Waals surface area contributed by atoms with Gasteiger partial charge in [-0.25, -0.2) is 0 Å². The van der Waals surface area contributed by atoms with Crippen molar-refractivity contribution in [1.29, 1.82) is 0 Å². The summed E-state index contributed by atoms with van der Waals surface area (Å²) in [7, 11) is 0. The lowest BCUT2D eigenvalue weighted by atomic mass is 10.2. The second-order valence-corrected chi connectivity index (χ2v) is 5.73. The largest absolute Gasteiger partial charge is 0.490 e. The number of hydrogen-bond acceptors (Lipinski definition) is 6. The summed E-state index contributed by atoms with van der Waals surface area (Å²) < 4.78 is 35.9. The molecular formula is C17H20F2N4O5. The van der Waals surface area contributed by atoms with E-state index >= 15 is 0 Å². The van der Waals surface area contributed by atoms with Crippen LogP contribution < -0.4 is 14.8 Å². The molecule has 0 radical (unpaired) electrons. The molecule has 0 aliphatic heterocycles. The lowest BCUT2D eigenvalue weighted by molar-refractivity contribution is -0.389. The van der Waals surface area contributed by atoms with E-state index in [9.17, 15) is 23.7 Å². The number of carbonyl (C=O) groups excluding carboxylic acids is 1. The van der Waals surface area contributed by atoms with Crippen LogP contribution in [0.15, 0.2) is 24.3 Å². The molecule has 0 aliphatic rings. The Morgan fingerprint density at radius 1 is 1.32 bits per heavy atom. The lowest BCUT2D eigenvalue weighted by Gasteiger charge is -2.16. The van der Waals surface area contributed by atoms with Gasteiger partial charge in [-0.1, -0.05) is 6.92 Å². The molecule has 0 bridgehead atoms. The Hall–Kier alpha value is -3.24. The maximum absolute atomic E-state index is 12.7. The molecule has 11 heteroatoms. The van der Waals surface area contributed by atoms with E-state index in [4.69, 9.17) is 4.74 Å². The fraction of sp³-hybridized carbons (Fsp3) is 0.412. The van der Waals surface area contributed by atoms with E-state index in [1.807, 2.05) is 0 Å². The van der Waals surface area contributed by atoms with Gasteiger partial charge < -0.3 is 24.9 Å². The highest BCUT2D eigenvalue weighted by molar-refractivity contribution is 5.94. The molecule has 1 amide bonds. The summed E-state index contributed by atoms with van der Waals surface area (Å²) in [6.07, 6.45) is 0.330. The molecule has 9 nitrogen and oxygen atoms in total. The smallest absolute Gasteiger partial charge is 0.390 e. The van der Waals surface area contributed by atoms with Crippen molar-refractivity contribution < 1.29 is 28.0 Å². The van der Waals surface area contributed by atoms with Crippen molar-refractivity contribution in [2.75, 3.05) is 11.9 Å². The molecular weight excluding hydrogens is 378 g/mol. The Morgan fingerprint density at radius 3 is 2.57 bits per heavy atom. The minimum absolute atomic E-state index is 0.0551. The number of carbonyl (C=O) groups is 1. The SMILES string of the molecule is CCOc1cc(NC(=O)C(CC)n2nc([N+](=O)[O-])cc2C)ccc1OC(F)F. The van der Waals surface area contributed by atoms with Crippen molar-refractivity contribution in [3.05, 3.63) is 40.1 Å². The van der Waals surface area contributed by atoms with Crippen LogP contribution in [0.25, 0.3) is 0 Å². The zero-order valence-corrected chi connectivity index (χ0v) is 15.5. The van der Waals surface area contributed by atoms with Gasteiger partial charge in [0.15, 0.2) is 17.5 Å². The van der Waals surface area contributed by atoms with Crippen LogP contribution >= 0.6 is 0 Å². The van der Waals surface area contributed by atoms with Crippen molar-refractivity contribution in [2.24, 2.45) is 0 Å². The number of nitro groups is 1. The summed E-state index contributed by atoms with van der Waals surface area (Å²) >= 11 is 0.